The Hall–Kier alpha value is -1.87. The maximum Gasteiger partial charge on any atom is 0.244 e. The van der Waals surface area contributed by atoms with Gasteiger partial charge >= 0.3 is 0 Å². The number of rotatable bonds is 5. The second-order valence-electron chi connectivity index (χ2n) is 11.2. The standard InChI is InChI=1S/C26H40N4O2/c1-4-6-22-21(20-8-11-25(2,32)12-9-20)10-13-26(3)23(22)7-5-14-30(26)24(31)18-29-17-19(15-27)16-28-29/h16-17,20-23,32H,4-14,18H2,1-3H3/t20?,21?,22?,23?,25?,26-/m0/s1. The average molecular weight is 441 g/mol. The van der Waals surface area contributed by atoms with Gasteiger partial charge in [0, 0.05) is 18.3 Å². The largest absolute Gasteiger partial charge is 0.390 e. The molecule has 6 nitrogen and oxygen atoms in total. The Labute approximate surface area is 193 Å². The van der Waals surface area contributed by atoms with Crippen LogP contribution in [0.1, 0.15) is 90.5 Å². The van der Waals surface area contributed by atoms with Crippen LogP contribution in [0.25, 0.3) is 0 Å². The number of carbonyl (C=O) groups excluding carboxylic acids is 1. The molecule has 1 aromatic heterocycles. The van der Waals surface area contributed by atoms with Gasteiger partial charge in [-0.1, -0.05) is 19.8 Å². The van der Waals surface area contributed by atoms with Crippen LogP contribution in [0, 0.1) is 35.0 Å². The van der Waals surface area contributed by atoms with Crippen LogP contribution < -0.4 is 0 Å². The van der Waals surface area contributed by atoms with E-state index < -0.39 is 5.60 Å². The second-order valence-corrected chi connectivity index (χ2v) is 11.2. The normalized spacial score (nSPS) is 37.5. The van der Waals surface area contributed by atoms with E-state index in [1.165, 1.54) is 31.9 Å². The molecule has 1 N–H and O–H groups in total. The molecule has 0 spiro atoms. The molecule has 4 rings (SSSR count). The third kappa shape index (κ3) is 4.46. The Morgan fingerprint density at radius 3 is 2.66 bits per heavy atom. The predicted octanol–water partition coefficient (Wildman–Crippen LogP) is 4.52. The first kappa shape index (κ1) is 23.3. The van der Waals surface area contributed by atoms with Gasteiger partial charge < -0.3 is 10.0 Å². The van der Waals surface area contributed by atoms with Gasteiger partial charge in [-0.3, -0.25) is 9.48 Å². The molecule has 4 atom stereocenters. The molecular weight excluding hydrogens is 400 g/mol. The van der Waals surface area contributed by atoms with Crippen LogP contribution in [0.5, 0.6) is 0 Å². The summed E-state index contributed by atoms with van der Waals surface area (Å²) in [6.45, 7) is 7.67. The summed E-state index contributed by atoms with van der Waals surface area (Å²) in [5, 5.41) is 23.7. The van der Waals surface area contributed by atoms with E-state index in [0.717, 1.165) is 56.9 Å². The number of hydrogen-bond donors (Lipinski definition) is 1. The zero-order valence-electron chi connectivity index (χ0n) is 20.1. The number of piperidine rings is 1. The van der Waals surface area contributed by atoms with Crippen LogP contribution >= 0.6 is 0 Å². The van der Waals surface area contributed by atoms with Crippen molar-refractivity contribution < 1.29 is 9.90 Å². The fourth-order valence-electron chi connectivity index (χ4n) is 7.37. The van der Waals surface area contributed by atoms with Crippen LogP contribution in [0.4, 0.5) is 0 Å². The Morgan fingerprint density at radius 2 is 2.00 bits per heavy atom. The molecular formula is C26H40N4O2. The molecule has 2 heterocycles. The Balaban J connectivity index is 1.51. The van der Waals surface area contributed by atoms with Crippen LogP contribution in [0.2, 0.25) is 0 Å². The van der Waals surface area contributed by atoms with Crippen molar-refractivity contribution in [1.82, 2.24) is 14.7 Å². The van der Waals surface area contributed by atoms with Gasteiger partial charge in [0.05, 0.1) is 17.4 Å². The van der Waals surface area contributed by atoms with Gasteiger partial charge in [0.25, 0.3) is 0 Å². The molecule has 1 aliphatic heterocycles. The lowest BCUT2D eigenvalue weighted by atomic mass is 9.54. The van der Waals surface area contributed by atoms with E-state index in [1.807, 2.05) is 6.92 Å². The molecule has 3 unspecified atom stereocenters. The van der Waals surface area contributed by atoms with E-state index in [-0.39, 0.29) is 18.0 Å². The van der Waals surface area contributed by atoms with Gasteiger partial charge in [0.2, 0.25) is 5.91 Å². The van der Waals surface area contributed by atoms with Crippen molar-refractivity contribution in [2.45, 2.75) is 103 Å². The molecule has 0 bridgehead atoms. The van der Waals surface area contributed by atoms with Gasteiger partial charge in [-0.25, -0.2) is 0 Å². The number of hydrogen-bond acceptors (Lipinski definition) is 4. The lowest BCUT2D eigenvalue weighted by Crippen LogP contribution is -2.63. The minimum atomic E-state index is -0.480. The van der Waals surface area contributed by atoms with Crippen molar-refractivity contribution in [1.29, 1.82) is 5.26 Å². The van der Waals surface area contributed by atoms with E-state index in [0.29, 0.717) is 17.4 Å². The number of nitriles is 1. The first-order valence-electron chi connectivity index (χ1n) is 12.7. The summed E-state index contributed by atoms with van der Waals surface area (Å²) in [5.41, 5.74) is -0.0707. The Kier molecular flexibility index (Phi) is 6.68. The van der Waals surface area contributed by atoms with E-state index in [4.69, 9.17) is 5.26 Å². The van der Waals surface area contributed by atoms with Crippen molar-refractivity contribution in [2.75, 3.05) is 6.54 Å². The second kappa shape index (κ2) is 9.17. The van der Waals surface area contributed by atoms with E-state index in [2.05, 4.69) is 29.9 Å². The van der Waals surface area contributed by atoms with E-state index >= 15 is 0 Å². The van der Waals surface area contributed by atoms with Crippen molar-refractivity contribution in [2.24, 2.45) is 23.7 Å². The van der Waals surface area contributed by atoms with Crippen molar-refractivity contribution in [3.63, 3.8) is 0 Å². The number of likely N-dealkylation sites (tertiary alicyclic amines) is 1. The first-order valence-corrected chi connectivity index (χ1v) is 12.7. The molecule has 1 saturated heterocycles. The molecule has 2 aliphatic carbocycles. The summed E-state index contributed by atoms with van der Waals surface area (Å²) < 4.78 is 1.61. The SMILES string of the molecule is CCCC1C(C2CCC(C)(O)CC2)CC[C@@]2(C)C1CCCN2C(=O)Cn1cc(C#N)cn1. The van der Waals surface area contributed by atoms with Crippen molar-refractivity contribution in [3.8, 4) is 6.07 Å². The maximum absolute atomic E-state index is 13.4. The fraction of sp³-hybridized carbons (Fsp3) is 0.808. The van der Waals surface area contributed by atoms with Crippen LogP contribution in [0.15, 0.2) is 12.4 Å². The highest BCUT2D eigenvalue weighted by molar-refractivity contribution is 5.77. The summed E-state index contributed by atoms with van der Waals surface area (Å²) in [4.78, 5) is 15.6. The van der Waals surface area contributed by atoms with Gasteiger partial charge in [-0.2, -0.15) is 10.4 Å². The first-order chi connectivity index (χ1) is 15.3. The molecule has 1 amide bonds. The van der Waals surface area contributed by atoms with Crippen LogP contribution in [-0.2, 0) is 11.3 Å². The Bertz CT molecular complexity index is 846. The topological polar surface area (TPSA) is 82.1 Å². The summed E-state index contributed by atoms with van der Waals surface area (Å²) in [6, 6.07) is 2.09. The van der Waals surface area contributed by atoms with Gasteiger partial charge in [-0.05, 0) is 88.9 Å². The highest BCUT2D eigenvalue weighted by Crippen LogP contribution is 2.54. The number of fused-ring (bicyclic) bond motifs is 1. The molecule has 0 aromatic carbocycles. The predicted molar refractivity (Wildman–Crippen MR) is 123 cm³/mol. The lowest BCUT2D eigenvalue weighted by molar-refractivity contribution is -0.153. The van der Waals surface area contributed by atoms with Gasteiger partial charge in [0.1, 0.15) is 12.6 Å². The molecule has 176 valence electrons. The number of aliphatic hydroxyl groups is 1. The average Bonchev–Trinajstić information content (AvgIpc) is 3.21. The molecule has 2 saturated carbocycles. The number of aromatic nitrogens is 2. The van der Waals surface area contributed by atoms with E-state index in [1.54, 1.807) is 10.9 Å². The lowest BCUT2D eigenvalue weighted by Gasteiger charge is -2.59. The molecule has 3 aliphatic rings. The van der Waals surface area contributed by atoms with Crippen LogP contribution in [-0.4, -0.2) is 43.4 Å². The monoisotopic (exact) mass is 440 g/mol. The minimum Gasteiger partial charge on any atom is -0.390 e. The molecule has 1 aromatic rings. The molecule has 6 heteroatoms. The molecule has 32 heavy (non-hydrogen) atoms. The minimum absolute atomic E-state index is 0.0863. The smallest absolute Gasteiger partial charge is 0.244 e. The fourth-order valence-corrected chi connectivity index (χ4v) is 7.37. The number of amides is 1. The van der Waals surface area contributed by atoms with Gasteiger partial charge in [0.15, 0.2) is 0 Å². The zero-order valence-corrected chi connectivity index (χ0v) is 20.1. The highest BCUT2D eigenvalue weighted by Gasteiger charge is 2.53. The van der Waals surface area contributed by atoms with Crippen LogP contribution in [0.3, 0.4) is 0 Å². The zero-order chi connectivity index (χ0) is 22.9. The maximum atomic E-state index is 13.4. The number of nitrogens with zero attached hydrogens (tertiary/aromatic N) is 4. The van der Waals surface area contributed by atoms with Gasteiger partial charge in [-0.15, -0.1) is 0 Å². The molecule has 3 fully saturated rings. The van der Waals surface area contributed by atoms with E-state index in [9.17, 15) is 9.90 Å². The number of carbonyl (C=O) groups is 1. The summed E-state index contributed by atoms with van der Waals surface area (Å²) in [5.74, 6) is 2.79. The molecule has 0 radical (unpaired) electrons. The third-order valence-electron chi connectivity index (χ3n) is 9.06. The highest BCUT2D eigenvalue weighted by atomic mass is 16.3. The summed E-state index contributed by atoms with van der Waals surface area (Å²) >= 11 is 0. The van der Waals surface area contributed by atoms with Crippen molar-refractivity contribution in [3.05, 3.63) is 18.0 Å². The van der Waals surface area contributed by atoms with Crippen molar-refractivity contribution >= 4 is 5.91 Å². The third-order valence-corrected chi connectivity index (χ3v) is 9.06. The quantitative estimate of drug-likeness (QED) is 0.730. The summed E-state index contributed by atoms with van der Waals surface area (Å²) in [7, 11) is 0. The Morgan fingerprint density at radius 1 is 1.25 bits per heavy atom. The summed E-state index contributed by atoms with van der Waals surface area (Å²) in [6.07, 6.45) is 14.3.